The Hall–Kier alpha value is 0.270. The van der Waals surface area contributed by atoms with Crippen LogP contribution in [0.5, 0.6) is 0 Å². The zero-order chi connectivity index (χ0) is 8.39. The van der Waals surface area contributed by atoms with Gasteiger partial charge in [-0.1, -0.05) is 0 Å². The highest BCUT2D eigenvalue weighted by atomic mass is 32.1. The molecule has 2 nitrogen and oxygen atoms in total. The summed E-state index contributed by atoms with van der Waals surface area (Å²) in [6.07, 6.45) is 2.81. The minimum atomic E-state index is 0.764. The van der Waals surface area contributed by atoms with Gasteiger partial charge in [0.2, 0.25) is 0 Å². The van der Waals surface area contributed by atoms with Crippen molar-refractivity contribution in [2.75, 3.05) is 31.9 Å². The summed E-state index contributed by atoms with van der Waals surface area (Å²) in [7, 11) is 0. The van der Waals surface area contributed by atoms with Crippen LogP contribution in [-0.2, 0) is 0 Å². The Balaban J connectivity index is 1.82. The first-order chi connectivity index (χ1) is 5.90. The van der Waals surface area contributed by atoms with Gasteiger partial charge in [-0.25, -0.2) is 0 Å². The van der Waals surface area contributed by atoms with Crippen molar-refractivity contribution in [3.63, 3.8) is 0 Å². The van der Waals surface area contributed by atoms with Gasteiger partial charge < -0.3 is 10.2 Å². The molecule has 0 saturated carbocycles. The highest BCUT2D eigenvalue weighted by Gasteiger charge is 2.33. The van der Waals surface area contributed by atoms with E-state index in [4.69, 9.17) is 0 Å². The zero-order valence-corrected chi connectivity index (χ0v) is 8.39. The van der Waals surface area contributed by atoms with E-state index in [0.717, 1.165) is 24.3 Å². The lowest BCUT2D eigenvalue weighted by Gasteiger charge is -2.45. The lowest BCUT2D eigenvalue weighted by molar-refractivity contribution is 0.0738. The van der Waals surface area contributed by atoms with Crippen LogP contribution in [0.2, 0.25) is 0 Å². The maximum atomic E-state index is 4.21. The van der Waals surface area contributed by atoms with E-state index in [2.05, 4.69) is 22.8 Å². The number of nitrogens with zero attached hydrogens (tertiary/aromatic N) is 1. The molecule has 1 N–H and O–H groups in total. The Kier molecular flexibility index (Phi) is 2.94. The van der Waals surface area contributed by atoms with Gasteiger partial charge in [-0.3, -0.25) is 0 Å². The molecular formula is C9H18N2S. The molecule has 70 valence electrons. The van der Waals surface area contributed by atoms with E-state index in [1.165, 1.54) is 32.5 Å². The monoisotopic (exact) mass is 186 g/mol. The van der Waals surface area contributed by atoms with Crippen LogP contribution in [0, 0.1) is 5.92 Å². The van der Waals surface area contributed by atoms with Crippen LogP contribution in [0.4, 0.5) is 0 Å². The van der Waals surface area contributed by atoms with Crippen molar-refractivity contribution in [1.82, 2.24) is 10.2 Å². The number of thiol groups is 1. The predicted octanol–water partition coefficient (Wildman–Crippen LogP) is 0.600. The molecule has 0 amide bonds. The molecule has 0 aromatic rings. The third-order valence-electron chi connectivity index (χ3n) is 3.17. The Labute approximate surface area is 80.1 Å². The molecule has 0 spiro atoms. The average molecular weight is 186 g/mol. The van der Waals surface area contributed by atoms with E-state index in [1.807, 2.05) is 0 Å². The highest BCUT2D eigenvalue weighted by molar-refractivity contribution is 7.80. The first-order valence-corrected chi connectivity index (χ1v) is 5.60. The molecule has 0 aliphatic carbocycles. The van der Waals surface area contributed by atoms with Gasteiger partial charge in [0.15, 0.2) is 0 Å². The minimum absolute atomic E-state index is 0.764. The number of hydrogen-bond acceptors (Lipinski definition) is 3. The Morgan fingerprint density at radius 3 is 2.58 bits per heavy atom. The summed E-state index contributed by atoms with van der Waals surface area (Å²) >= 11 is 4.21. The number of nitrogens with one attached hydrogen (secondary N) is 1. The zero-order valence-electron chi connectivity index (χ0n) is 7.50. The van der Waals surface area contributed by atoms with E-state index in [-0.39, 0.29) is 0 Å². The van der Waals surface area contributed by atoms with Crippen LogP contribution in [0.25, 0.3) is 0 Å². The Morgan fingerprint density at radius 1 is 1.33 bits per heavy atom. The summed E-state index contributed by atoms with van der Waals surface area (Å²) < 4.78 is 0. The summed E-state index contributed by atoms with van der Waals surface area (Å²) in [5.74, 6) is 1.92. The SMILES string of the molecule is SCCNC1CN2CCC1CC2. The lowest BCUT2D eigenvalue weighted by atomic mass is 9.84. The van der Waals surface area contributed by atoms with Crippen molar-refractivity contribution in [3.05, 3.63) is 0 Å². The Morgan fingerprint density at radius 2 is 2.08 bits per heavy atom. The quantitative estimate of drug-likeness (QED) is 0.628. The van der Waals surface area contributed by atoms with Crippen molar-refractivity contribution in [2.24, 2.45) is 5.92 Å². The van der Waals surface area contributed by atoms with E-state index in [0.29, 0.717) is 0 Å². The normalized spacial score (nSPS) is 40.2. The molecule has 0 aromatic carbocycles. The van der Waals surface area contributed by atoms with Gasteiger partial charge in [0, 0.05) is 24.9 Å². The van der Waals surface area contributed by atoms with Crippen molar-refractivity contribution in [1.29, 1.82) is 0 Å². The van der Waals surface area contributed by atoms with E-state index < -0.39 is 0 Å². The lowest BCUT2D eigenvalue weighted by Crippen LogP contribution is -2.56. The first-order valence-electron chi connectivity index (χ1n) is 4.97. The summed E-state index contributed by atoms with van der Waals surface area (Å²) in [6, 6.07) is 0.764. The van der Waals surface area contributed by atoms with Crippen molar-refractivity contribution >= 4 is 12.6 Å². The summed E-state index contributed by atoms with van der Waals surface area (Å²) in [4.78, 5) is 2.58. The second kappa shape index (κ2) is 3.99. The van der Waals surface area contributed by atoms with Gasteiger partial charge in [-0.2, -0.15) is 12.6 Å². The van der Waals surface area contributed by atoms with Gasteiger partial charge in [0.05, 0.1) is 0 Å². The predicted molar refractivity (Wildman–Crippen MR) is 54.8 cm³/mol. The van der Waals surface area contributed by atoms with Crippen molar-refractivity contribution in [3.8, 4) is 0 Å². The van der Waals surface area contributed by atoms with Gasteiger partial charge in [-0.05, 0) is 31.8 Å². The molecular weight excluding hydrogens is 168 g/mol. The fourth-order valence-corrected chi connectivity index (χ4v) is 2.58. The minimum Gasteiger partial charge on any atom is -0.312 e. The summed E-state index contributed by atoms with van der Waals surface area (Å²) in [6.45, 7) is 5.02. The van der Waals surface area contributed by atoms with Crippen LogP contribution in [-0.4, -0.2) is 42.9 Å². The van der Waals surface area contributed by atoms with E-state index >= 15 is 0 Å². The molecule has 12 heavy (non-hydrogen) atoms. The van der Waals surface area contributed by atoms with Gasteiger partial charge in [0.25, 0.3) is 0 Å². The summed E-state index contributed by atoms with van der Waals surface area (Å²) in [5.41, 5.74) is 0. The molecule has 3 aliphatic heterocycles. The first kappa shape index (κ1) is 8.85. The van der Waals surface area contributed by atoms with E-state index in [1.54, 1.807) is 0 Å². The fourth-order valence-electron chi connectivity index (χ4n) is 2.45. The maximum Gasteiger partial charge on any atom is 0.0224 e. The summed E-state index contributed by atoms with van der Waals surface area (Å²) in [5, 5.41) is 3.58. The fraction of sp³-hybridized carbons (Fsp3) is 1.00. The highest BCUT2D eigenvalue weighted by Crippen LogP contribution is 2.27. The second-order valence-electron chi connectivity index (χ2n) is 3.92. The van der Waals surface area contributed by atoms with E-state index in [9.17, 15) is 0 Å². The van der Waals surface area contributed by atoms with Gasteiger partial charge in [-0.15, -0.1) is 0 Å². The average Bonchev–Trinajstić information content (AvgIpc) is 2.17. The molecule has 2 bridgehead atoms. The third-order valence-corrected chi connectivity index (χ3v) is 3.40. The molecule has 3 saturated heterocycles. The van der Waals surface area contributed by atoms with Crippen molar-refractivity contribution < 1.29 is 0 Å². The van der Waals surface area contributed by atoms with Gasteiger partial charge >= 0.3 is 0 Å². The van der Waals surface area contributed by atoms with Gasteiger partial charge in [0.1, 0.15) is 0 Å². The maximum absolute atomic E-state index is 4.21. The second-order valence-corrected chi connectivity index (χ2v) is 4.37. The molecule has 1 unspecified atom stereocenters. The molecule has 1 atom stereocenters. The number of piperidine rings is 3. The standard InChI is InChI=1S/C9H18N2S/c12-6-3-10-9-7-11-4-1-8(9)2-5-11/h8-10,12H,1-7H2. The molecule has 3 aliphatic rings. The largest absolute Gasteiger partial charge is 0.312 e. The molecule has 0 radical (unpaired) electrons. The smallest absolute Gasteiger partial charge is 0.0224 e. The van der Waals surface area contributed by atoms with Crippen LogP contribution < -0.4 is 5.32 Å². The molecule has 3 heteroatoms. The third kappa shape index (κ3) is 1.78. The molecule has 3 rings (SSSR count). The Bertz CT molecular complexity index is 143. The number of fused-ring (bicyclic) bond motifs is 3. The molecule has 3 heterocycles. The van der Waals surface area contributed by atoms with Crippen molar-refractivity contribution in [2.45, 2.75) is 18.9 Å². The van der Waals surface area contributed by atoms with Crippen LogP contribution >= 0.6 is 12.6 Å². The molecule has 0 aromatic heterocycles. The number of hydrogen-bond donors (Lipinski definition) is 2. The topological polar surface area (TPSA) is 15.3 Å². The van der Waals surface area contributed by atoms with Crippen LogP contribution in [0.3, 0.4) is 0 Å². The number of rotatable bonds is 3. The van der Waals surface area contributed by atoms with Crippen LogP contribution in [0.1, 0.15) is 12.8 Å². The van der Waals surface area contributed by atoms with Crippen LogP contribution in [0.15, 0.2) is 0 Å². The molecule has 3 fully saturated rings.